The zero-order chi connectivity index (χ0) is 13.4. The number of benzene rings is 1. The molecule has 1 aliphatic rings. The normalized spacial score (nSPS) is 23.0. The number of imide groups is 1. The quantitative estimate of drug-likeness (QED) is 0.386. The lowest BCUT2D eigenvalue weighted by atomic mass is 9.97. The lowest BCUT2D eigenvalue weighted by molar-refractivity contribution is -0.384. The van der Waals surface area contributed by atoms with Crippen LogP contribution in [0.1, 0.15) is 11.5 Å². The molecule has 6 nitrogen and oxygen atoms in total. The highest BCUT2D eigenvalue weighted by molar-refractivity contribution is 9.10. The fourth-order valence-electron chi connectivity index (χ4n) is 1.73. The van der Waals surface area contributed by atoms with Crippen LogP contribution in [-0.2, 0) is 9.59 Å². The van der Waals surface area contributed by atoms with E-state index in [9.17, 15) is 19.7 Å². The van der Waals surface area contributed by atoms with Crippen molar-refractivity contribution in [2.45, 2.75) is 10.7 Å². The number of nitro benzene ring substituents is 1. The van der Waals surface area contributed by atoms with E-state index in [2.05, 4.69) is 21.2 Å². The van der Waals surface area contributed by atoms with Crippen LogP contribution in [0.4, 0.5) is 5.69 Å². The van der Waals surface area contributed by atoms with Gasteiger partial charge in [-0.05, 0) is 11.6 Å². The lowest BCUT2D eigenvalue weighted by Gasteiger charge is -2.11. The monoisotopic (exact) mass is 332 g/mol. The van der Waals surface area contributed by atoms with Crippen LogP contribution in [0, 0.1) is 10.1 Å². The smallest absolute Gasteiger partial charge is 0.270 e. The largest absolute Gasteiger partial charge is 0.295 e. The Labute approximate surface area is 115 Å². The third kappa shape index (κ3) is 2.11. The molecular formula is C10H6BrClN2O4. The summed E-state index contributed by atoms with van der Waals surface area (Å²) in [6.07, 6.45) is 0. The molecule has 1 fully saturated rings. The number of carbonyl (C=O) groups is 2. The summed E-state index contributed by atoms with van der Waals surface area (Å²) in [5.41, 5.74) is 0.215. The van der Waals surface area contributed by atoms with Gasteiger partial charge in [0, 0.05) is 12.1 Å². The van der Waals surface area contributed by atoms with Gasteiger partial charge in [-0.2, -0.15) is 0 Å². The van der Waals surface area contributed by atoms with E-state index in [1.807, 2.05) is 0 Å². The lowest BCUT2D eigenvalue weighted by Crippen LogP contribution is -2.22. The first kappa shape index (κ1) is 13.0. The van der Waals surface area contributed by atoms with Gasteiger partial charge in [-0.15, -0.1) is 0 Å². The Morgan fingerprint density at radius 2 is 2.00 bits per heavy atom. The van der Waals surface area contributed by atoms with Crippen LogP contribution in [0.2, 0.25) is 5.02 Å². The van der Waals surface area contributed by atoms with Gasteiger partial charge in [-0.3, -0.25) is 25.0 Å². The summed E-state index contributed by atoms with van der Waals surface area (Å²) in [6.45, 7) is 0. The van der Waals surface area contributed by atoms with Crippen molar-refractivity contribution in [3.63, 3.8) is 0 Å². The van der Waals surface area contributed by atoms with Crippen LogP contribution in [-0.4, -0.2) is 21.6 Å². The van der Waals surface area contributed by atoms with Crippen molar-refractivity contribution in [1.82, 2.24) is 5.32 Å². The van der Waals surface area contributed by atoms with Gasteiger partial charge in [0.25, 0.3) is 5.69 Å². The molecule has 8 heteroatoms. The summed E-state index contributed by atoms with van der Waals surface area (Å²) in [5, 5.41) is 12.8. The standard InChI is InChI=1S/C10H6BrClN2O4/c11-8-7(9(15)13-10(8)16)5-2-1-4(14(17)18)3-6(5)12/h1-3,7-8H,(H,13,15,16). The minimum absolute atomic E-state index is 0.0866. The second-order valence-electron chi connectivity index (χ2n) is 3.70. The fourth-order valence-corrected chi connectivity index (χ4v) is 2.66. The Kier molecular flexibility index (Phi) is 3.36. The van der Waals surface area contributed by atoms with E-state index < -0.39 is 27.5 Å². The number of rotatable bonds is 2. The average molecular weight is 334 g/mol. The predicted octanol–water partition coefficient (Wildman–Crippen LogP) is 1.75. The van der Waals surface area contributed by atoms with E-state index in [1.165, 1.54) is 12.1 Å². The number of nitro groups is 1. The molecular weight excluding hydrogens is 327 g/mol. The highest BCUT2D eigenvalue weighted by atomic mass is 79.9. The number of halogens is 2. The van der Waals surface area contributed by atoms with Gasteiger partial charge in [0.05, 0.1) is 15.9 Å². The number of hydrogen-bond acceptors (Lipinski definition) is 4. The highest BCUT2D eigenvalue weighted by Gasteiger charge is 2.42. The molecule has 2 rings (SSSR count). The first-order valence-corrected chi connectivity index (χ1v) is 6.14. The van der Waals surface area contributed by atoms with Crippen molar-refractivity contribution in [2.24, 2.45) is 0 Å². The third-order valence-electron chi connectivity index (χ3n) is 2.60. The summed E-state index contributed by atoms with van der Waals surface area (Å²) in [7, 11) is 0. The van der Waals surface area contributed by atoms with Crippen LogP contribution in [0.25, 0.3) is 0 Å². The number of non-ortho nitro benzene ring substituents is 1. The van der Waals surface area contributed by atoms with Crippen molar-refractivity contribution in [2.75, 3.05) is 0 Å². The third-order valence-corrected chi connectivity index (χ3v) is 3.87. The number of alkyl halides is 1. The van der Waals surface area contributed by atoms with Crippen LogP contribution in [0.15, 0.2) is 18.2 Å². The molecule has 1 saturated heterocycles. The topological polar surface area (TPSA) is 89.3 Å². The maximum atomic E-state index is 11.6. The summed E-state index contributed by atoms with van der Waals surface area (Å²) in [4.78, 5) is 32.2. The predicted molar refractivity (Wildman–Crippen MR) is 66.7 cm³/mol. The number of carbonyl (C=O) groups excluding carboxylic acids is 2. The highest BCUT2D eigenvalue weighted by Crippen LogP contribution is 2.35. The zero-order valence-electron chi connectivity index (χ0n) is 8.72. The molecule has 1 heterocycles. The molecule has 1 N–H and O–H groups in total. The van der Waals surface area contributed by atoms with E-state index in [1.54, 1.807) is 0 Å². The van der Waals surface area contributed by atoms with Crippen molar-refractivity contribution >= 4 is 45.0 Å². The molecule has 0 spiro atoms. The first-order chi connectivity index (χ1) is 8.41. The van der Waals surface area contributed by atoms with Crippen LogP contribution < -0.4 is 5.32 Å². The molecule has 2 amide bonds. The van der Waals surface area contributed by atoms with Gasteiger partial charge in [0.1, 0.15) is 4.83 Å². The first-order valence-electron chi connectivity index (χ1n) is 4.84. The molecule has 0 aromatic heterocycles. The van der Waals surface area contributed by atoms with Crippen LogP contribution in [0.5, 0.6) is 0 Å². The minimum Gasteiger partial charge on any atom is -0.295 e. The summed E-state index contributed by atoms with van der Waals surface area (Å²) in [6, 6.07) is 3.79. The summed E-state index contributed by atoms with van der Waals surface area (Å²) < 4.78 is 0. The van der Waals surface area contributed by atoms with E-state index in [0.29, 0.717) is 5.56 Å². The number of hydrogen-bond donors (Lipinski definition) is 1. The number of nitrogens with one attached hydrogen (secondary N) is 1. The second-order valence-corrected chi connectivity index (χ2v) is 5.09. The molecule has 2 unspecified atom stereocenters. The Balaban J connectivity index is 2.43. The number of nitrogens with zero attached hydrogens (tertiary/aromatic N) is 1. The molecule has 1 aromatic carbocycles. The molecule has 94 valence electrons. The van der Waals surface area contributed by atoms with Crippen molar-refractivity contribution in [3.8, 4) is 0 Å². The van der Waals surface area contributed by atoms with E-state index in [0.717, 1.165) is 6.07 Å². The molecule has 2 atom stereocenters. The molecule has 0 aliphatic carbocycles. The Hall–Kier alpha value is -1.47. The number of amides is 2. The Bertz CT molecular complexity index is 563. The summed E-state index contributed by atoms with van der Waals surface area (Å²) >= 11 is 9.02. The van der Waals surface area contributed by atoms with Gasteiger partial charge in [-0.25, -0.2) is 0 Å². The fraction of sp³-hybridized carbons (Fsp3) is 0.200. The molecule has 0 bridgehead atoms. The van der Waals surface area contributed by atoms with Crippen molar-refractivity contribution in [1.29, 1.82) is 0 Å². The zero-order valence-corrected chi connectivity index (χ0v) is 11.1. The Morgan fingerprint density at radius 1 is 1.33 bits per heavy atom. The average Bonchev–Trinajstić information content (AvgIpc) is 2.54. The van der Waals surface area contributed by atoms with Gasteiger partial charge in [0.15, 0.2) is 0 Å². The molecule has 1 aliphatic heterocycles. The maximum absolute atomic E-state index is 11.6. The van der Waals surface area contributed by atoms with E-state index in [4.69, 9.17) is 11.6 Å². The summed E-state index contributed by atoms with van der Waals surface area (Å²) in [5.74, 6) is -1.69. The van der Waals surface area contributed by atoms with Gasteiger partial charge in [-0.1, -0.05) is 27.5 Å². The Morgan fingerprint density at radius 3 is 2.44 bits per heavy atom. The molecule has 0 radical (unpaired) electrons. The molecule has 0 saturated carbocycles. The van der Waals surface area contributed by atoms with Crippen LogP contribution >= 0.6 is 27.5 Å². The van der Waals surface area contributed by atoms with Gasteiger partial charge < -0.3 is 0 Å². The SMILES string of the molecule is O=C1NC(=O)C(c2ccc([N+](=O)[O-])cc2Cl)C1Br. The van der Waals surface area contributed by atoms with E-state index >= 15 is 0 Å². The van der Waals surface area contributed by atoms with Crippen LogP contribution in [0.3, 0.4) is 0 Å². The van der Waals surface area contributed by atoms with Gasteiger partial charge >= 0.3 is 0 Å². The van der Waals surface area contributed by atoms with Gasteiger partial charge in [0.2, 0.25) is 11.8 Å². The molecule has 18 heavy (non-hydrogen) atoms. The maximum Gasteiger partial charge on any atom is 0.270 e. The van der Waals surface area contributed by atoms with Crippen molar-refractivity contribution in [3.05, 3.63) is 38.9 Å². The van der Waals surface area contributed by atoms with E-state index in [-0.39, 0.29) is 10.7 Å². The molecule has 1 aromatic rings. The van der Waals surface area contributed by atoms with Crippen molar-refractivity contribution < 1.29 is 14.5 Å². The second kappa shape index (κ2) is 4.66. The minimum atomic E-state index is -0.772.